The maximum atomic E-state index is 11.8. The van der Waals surface area contributed by atoms with Gasteiger partial charge >= 0.3 is 5.97 Å². The van der Waals surface area contributed by atoms with E-state index in [9.17, 15) is 4.79 Å². The minimum atomic E-state index is -0.382. The summed E-state index contributed by atoms with van der Waals surface area (Å²) in [6.07, 6.45) is 6.12. The SMILES string of the molecule is CCOC(=O)c1cc(Cc2ccc(-n3cccn3)cc2)c(C)cn1. The van der Waals surface area contributed by atoms with E-state index in [0.29, 0.717) is 12.3 Å². The summed E-state index contributed by atoms with van der Waals surface area (Å²) < 4.78 is 6.84. The minimum absolute atomic E-state index is 0.346. The lowest BCUT2D eigenvalue weighted by atomic mass is 10.0. The second kappa shape index (κ2) is 7.08. The van der Waals surface area contributed by atoms with Crippen molar-refractivity contribution in [2.45, 2.75) is 20.3 Å². The summed E-state index contributed by atoms with van der Waals surface area (Å²) in [6, 6.07) is 11.9. The highest BCUT2D eigenvalue weighted by Gasteiger charge is 2.11. The number of hydrogen-bond acceptors (Lipinski definition) is 4. The Balaban J connectivity index is 1.80. The van der Waals surface area contributed by atoms with Gasteiger partial charge in [0.1, 0.15) is 5.69 Å². The van der Waals surface area contributed by atoms with E-state index in [1.165, 1.54) is 0 Å². The van der Waals surface area contributed by atoms with Crippen LogP contribution in [0.5, 0.6) is 0 Å². The molecule has 3 rings (SSSR count). The Morgan fingerprint density at radius 1 is 1.25 bits per heavy atom. The van der Waals surface area contributed by atoms with Crippen molar-refractivity contribution in [1.82, 2.24) is 14.8 Å². The second-order valence-corrected chi connectivity index (χ2v) is 5.51. The lowest BCUT2D eigenvalue weighted by Crippen LogP contribution is -2.08. The predicted octanol–water partition coefficient (Wildman–Crippen LogP) is 3.34. The van der Waals surface area contributed by atoms with E-state index in [-0.39, 0.29) is 5.97 Å². The van der Waals surface area contributed by atoms with Crippen LogP contribution in [-0.4, -0.2) is 27.3 Å². The van der Waals surface area contributed by atoms with E-state index in [1.54, 1.807) is 19.3 Å². The van der Waals surface area contributed by atoms with Crippen molar-refractivity contribution in [3.05, 3.63) is 77.4 Å². The lowest BCUT2D eigenvalue weighted by Gasteiger charge is -2.09. The van der Waals surface area contributed by atoms with Crippen molar-refractivity contribution in [3.63, 3.8) is 0 Å². The highest BCUT2D eigenvalue weighted by Crippen LogP contribution is 2.16. The molecule has 0 fully saturated rings. The number of benzene rings is 1. The summed E-state index contributed by atoms with van der Waals surface area (Å²) >= 11 is 0. The third-order valence-electron chi connectivity index (χ3n) is 3.80. The maximum Gasteiger partial charge on any atom is 0.356 e. The average Bonchev–Trinajstić information content (AvgIpc) is 3.12. The van der Waals surface area contributed by atoms with Gasteiger partial charge in [0.15, 0.2) is 0 Å². The Hall–Kier alpha value is -2.95. The van der Waals surface area contributed by atoms with Crippen LogP contribution in [0.2, 0.25) is 0 Å². The Labute approximate surface area is 140 Å². The van der Waals surface area contributed by atoms with E-state index in [4.69, 9.17) is 4.74 Å². The summed E-state index contributed by atoms with van der Waals surface area (Å²) in [7, 11) is 0. The van der Waals surface area contributed by atoms with Gasteiger partial charge in [-0.15, -0.1) is 0 Å². The van der Waals surface area contributed by atoms with E-state index in [0.717, 1.165) is 28.8 Å². The number of nitrogens with zero attached hydrogens (tertiary/aromatic N) is 3. The predicted molar refractivity (Wildman–Crippen MR) is 91.3 cm³/mol. The zero-order chi connectivity index (χ0) is 16.9. The van der Waals surface area contributed by atoms with Crippen molar-refractivity contribution in [2.75, 3.05) is 6.61 Å². The molecule has 0 aliphatic carbocycles. The Kier molecular flexibility index (Phi) is 4.70. The van der Waals surface area contributed by atoms with Crippen LogP contribution >= 0.6 is 0 Å². The fraction of sp³-hybridized carbons (Fsp3) is 0.211. The van der Waals surface area contributed by atoms with Crippen molar-refractivity contribution >= 4 is 5.97 Å². The molecule has 0 saturated heterocycles. The molecule has 122 valence electrons. The molecule has 3 aromatic rings. The number of hydrogen-bond donors (Lipinski definition) is 0. The molecule has 2 aromatic heterocycles. The van der Waals surface area contributed by atoms with Gasteiger partial charge in [0.25, 0.3) is 0 Å². The number of carbonyl (C=O) groups excluding carboxylic acids is 1. The van der Waals surface area contributed by atoms with Gasteiger partial charge in [-0.3, -0.25) is 0 Å². The first kappa shape index (κ1) is 15.9. The highest BCUT2D eigenvalue weighted by atomic mass is 16.5. The molecule has 1 aromatic carbocycles. The van der Waals surface area contributed by atoms with Gasteiger partial charge in [-0.05, 0) is 61.2 Å². The monoisotopic (exact) mass is 321 g/mol. The van der Waals surface area contributed by atoms with E-state index in [2.05, 4.69) is 22.2 Å². The Bertz CT molecular complexity index is 824. The van der Waals surface area contributed by atoms with Crippen molar-refractivity contribution in [3.8, 4) is 5.69 Å². The fourth-order valence-electron chi connectivity index (χ4n) is 2.48. The molecule has 0 radical (unpaired) electrons. The fourth-order valence-corrected chi connectivity index (χ4v) is 2.48. The molecule has 0 aliphatic heterocycles. The van der Waals surface area contributed by atoms with Gasteiger partial charge in [0, 0.05) is 18.6 Å². The Morgan fingerprint density at radius 3 is 2.71 bits per heavy atom. The standard InChI is InChI=1S/C19H19N3O2/c1-3-24-19(23)18-12-16(14(2)13-20-18)11-15-5-7-17(8-6-15)22-10-4-9-21-22/h4-10,12-13H,3,11H2,1-2H3. The van der Waals surface area contributed by atoms with E-state index < -0.39 is 0 Å². The van der Waals surface area contributed by atoms with Gasteiger partial charge < -0.3 is 4.74 Å². The van der Waals surface area contributed by atoms with Crippen LogP contribution in [-0.2, 0) is 11.2 Å². The van der Waals surface area contributed by atoms with E-state index in [1.807, 2.05) is 42.1 Å². The number of aromatic nitrogens is 3. The molecule has 0 spiro atoms. The van der Waals surface area contributed by atoms with Gasteiger partial charge in [-0.25, -0.2) is 14.5 Å². The molecule has 0 aliphatic rings. The summed E-state index contributed by atoms with van der Waals surface area (Å²) in [4.78, 5) is 16.0. The molecular weight excluding hydrogens is 302 g/mol. The number of aryl methyl sites for hydroxylation is 1. The first-order chi connectivity index (χ1) is 11.7. The van der Waals surface area contributed by atoms with Crippen LogP contribution < -0.4 is 0 Å². The summed E-state index contributed by atoms with van der Waals surface area (Å²) in [5.74, 6) is -0.382. The van der Waals surface area contributed by atoms with Crippen LogP contribution in [0.4, 0.5) is 0 Å². The Morgan fingerprint density at radius 2 is 2.04 bits per heavy atom. The van der Waals surface area contributed by atoms with Gasteiger partial charge in [0.2, 0.25) is 0 Å². The zero-order valence-electron chi connectivity index (χ0n) is 13.8. The molecule has 0 amide bonds. The van der Waals surface area contributed by atoms with Crippen LogP contribution in [0.15, 0.2) is 55.0 Å². The average molecular weight is 321 g/mol. The molecule has 0 N–H and O–H groups in total. The van der Waals surface area contributed by atoms with Crippen molar-refractivity contribution < 1.29 is 9.53 Å². The van der Waals surface area contributed by atoms with Gasteiger partial charge in [-0.2, -0.15) is 5.10 Å². The van der Waals surface area contributed by atoms with Crippen LogP contribution in [0.3, 0.4) is 0 Å². The summed E-state index contributed by atoms with van der Waals surface area (Å²) in [5.41, 5.74) is 4.65. The molecule has 0 saturated carbocycles. The van der Waals surface area contributed by atoms with Crippen molar-refractivity contribution in [1.29, 1.82) is 0 Å². The molecule has 5 heteroatoms. The zero-order valence-corrected chi connectivity index (χ0v) is 13.8. The lowest BCUT2D eigenvalue weighted by molar-refractivity contribution is 0.0519. The van der Waals surface area contributed by atoms with Crippen molar-refractivity contribution in [2.24, 2.45) is 0 Å². The smallest absolute Gasteiger partial charge is 0.356 e. The molecular formula is C19H19N3O2. The molecule has 24 heavy (non-hydrogen) atoms. The molecule has 0 bridgehead atoms. The first-order valence-corrected chi connectivity index (χ1v) is 7.89. The molecule has 5 nitrogen and oxygen atoms in total. The second-order valence-electron chi connectivity index (χ2n) is 5.51. The molecule has 0 atom stereocenters. The number of pyridine rings is 1. The van der Waals surface area contributed by atoms with Gasteiger partial charge in [0.05, 0.1) is 12.3 Å². The third-order valence-corrected chi connectivity index (χ3v) is 3.80. The minimum Gasteiger partial charge on any atom is -0.461 e. The maximum absolute atomic E-state index is 11.8. The number of rotatable bonds is 5. The molecule has 0 unspecified atom stereocenters. The number of esters is 1. The van der Waals surface area contributed by atoms with Crippen LogP contribution in [0.25, 0.3) is 5.69 Å². The van der Waals surface area contributed by atoms with Crippen LogP contribution in [0.1, 0.15) is 34.1 Å². The highest BCUT2D eigenvalue weighted by molar-refractivity contribution is 5.87. The number of ether oxygens (including phenoxy) is 1. The summed E-state index contributed by atoms with van der Waals surface area (Å²) in [6.45, 7) is 4.13. The normalized spacial score (nSPS) is 10.6. The quantitative estimate of drug-likeness (QED) is 0.676. The van der Waals surface area contributed by atoms with E-state index >= 15 is 0 Å². The van der Waals surface area contributed by atoms with Gasteiger partial charge in [-0.1, -0.05) is 12.1 Å². The molecule has 2 heterocycles. The number of carbonyl (C=O) groups is 1. The topological polar surface area (TPSA) is 57.0 Å². The summed E-state index contributed by atoms with van der Waals surface area (Å²) in [5, 5.41) is 4.22. The van der Waals surface area contributed by atoms with Crippen LogP contribution in [0, 0.1) is 6.92 Å². The first-order valence-electron chi connectivity index (χ1n) is 7.89. The third kappa shape index (κ3) is 3.51. The largest absolute Gasteiger partial charge is 0.461 e.